The van der Waals surface area contributed by atoms with Crippen molar-refractivity contribution < 1.29 is 9.84 Å². The van der Waals surface area contributed by atoms with E-state index in [1.807, 2.05) is 25.2 Å². The molecule has 1 aliphatic heterocycles. The standard InChI is InChI=1S/C11H16N2O2/c1-13-4-5-15-11-3-2-8(6-10(11)13)9(12)7-14/h2-3,6,9,14H,4-5,7,12H2,1H3/t9-/m0/s1. The summed E-state index contributed by atoms with van der Waals surface area (Å²) in [5, 5.41) is 8.99. The third kappa shape index (κ3) is 1.91. The highest BCUT2D eigenvalue weighted by Gasteiger charge is 2.16. The van der Waals surface area contributed by atoms with E-state index in [1.54, 1.807) is 0 Å². The van der Waals surface area contributed by atoms with Crippen LogP contribution in [0.25, 0.3) is 0 Å². The smallest absolute Gasteiger partial charge is 0.142 e. The summed E-state index contributed by atoms with van der Waals surface area (Å²) in [6.07, 6.45) is 0. The van der Waals surface area contributed by atoms with Crippen LogP contribution in [0, 0.1) is 0 Å². The third-order valence-corrected chi connectivity index (χ3v) is 2.70. The number of aliphatic hydroxyl groups excluding tert-OH is 1. The molecule has 1 heterocycles. The second kappa shape index (κ2) is 4.08. The molecule has 0 spiro atoms. The molecule has 1 aromatic rings. The van der Waals surface area contributed by atoms with Crippen LogP contribution in [-0.2, 0) is 0 Å². The first-order valence-electron chi connectivity index (χ1n) is 5.06. The van der Waals surface area contributed by atoms with Gasteiger partial charge in [-0.3, -0.25) is 0 Å². The zero-order chi connectivity index (χ0) is 10.8. The number of fused-ring (bicyclic) bond motifs is 1. The quantitative estimate of drug-likeness (QED) is 0.743. The fourth-order valence-electron chi connectivity index (χ4n) is 1.70. The van der Waals surface area contributed by atoms with Gasteiger partial charge >= 0.3 is 0 Å². The Morgan fingerprint density at radius 2 is 2.40 bits per heavy atom. The Balaban J connectivity index is 2.35. The van der Waals surface area contributed by atoms with Gasteiger partial charge in [-0.2, -0.15) is 0 Å². The lowest BCUT2D eigenvalue weighted by Gasteiger charge is -2.28. The third-order valence-electron chi connectivity index (χ3n) is 2.70. The summed E-state index contributed by atoms with van der Waals surface area (Å²) < 4.78 is 5.52. The zero-order valence-corrected chi connectivity index (χ0v) is 8.81. The molecule has 15 heavy (non-hydrogen) atoms. The lowest BCUT2D eigenvalue weighted by molar-refractivity contribution is 0.267. The van der Waals surface area contributed by atoms with Gasteiger partial charge in [-0.15, -0.1) is 0 Å². The van der Waals surface area contributed by atoms with Crippen LogP contribution in [0.3, 0.4) is 0 Å². The number of nitrogens with zero attached hydrogens (tertiary/aromatic N) is 1. The number of anilines is 1. The summed E-state index contributed by atoms with van der Waals surface area (Å²) in [5.41, 5.74) is 7.75. The second-order valence-corrected chi connectivity index (χ2v) is 3.79. The lowest BCUT2D eigenvalue weighted by Crippen LogP contribution is -2.29. The van der Waals surface area contributed by atoms with Crippen LogP contribution in [0.1, 0.15) is 11.6 Å². The van der Waals surface area contributed by atoms with E-state index in [1.165, 1.54) is 0 Å². The Morgan fingerprint density at radius 3 is 3.13 bits per heavy atom. The molecule has 2 rings (SSSR count). The van der Waals surface area contributed by atoms with Crippen LogP contribution in [0.15, 0.2) is 18.2 Å². The lowest BCUT2D eigenvalue weighted by atomic mass is 10.1. The monoisotopic (exact) mass is 208 g/mol. The van der Waals surface area contributed by atoms with Gasteiger partial charge in [-0.05, 0) is 17.7 Å². The van der Waals surface area contributed by atoms with E-state index < -0.39 is 0 Å². The summed E-state index contributed by atoms with van der Waals surface area (Å²) in [5.74, 6) is 0.887. The number of nitrogens with two attached hydrogens (primary N) is 1. The van der Waals surface area contributed by atoms with E-state index in [4.69, 9.17) is 15.6 Å². The molecule has 1 atom stereocenters. The minimum absolute atomic E-state index is 0.0383. The second-order valence-electron chi connectivity index (χ2n) is 3.79. The van der Waals surface area contributed by atoms with Gasteiger partial charge < -0.3 is 20.5 Å². The number of hydrogen-bond acceptors (Lipinski definition) is 4. The van der Waals surface area contributed by atoms with Crippen molar-refractivity contribution in [3.63, 3.8) is 0 Å². The highest BCUT2D eigenvalue weighted by atomic mass is 16.5. The van der Waals surface area contributed by atoms with Crippen LogP contribution in [0.4, 0.5) is 5.69 Å². The largest absolute Gasteiger partial charge is 0.490 e. The van der Waals surface area contributed by atoms with E-state index in [-0.39, 0.29) is 12.6 Å². The molecular formula is C11H16N2O2. The molecule has 3 N–H and O–H groups in total. The molecule has 0 amide bonds. The summed E-state index contributed by atoms with van der Waals surface area (Å²) in [6, 6.07) is 5.48. The number of aliphatic hydroxyl groups is 1. The molecule has 1 aliphatic rings. The normalized spacial score (nSPS) is 16.9. The van der Waals surface area contributed by atoms with Crippen molar-refractivity contribution in [3.8, 4) is 5.75 Å². The minimum atomic E-state index is -0.314. The topological polar surface area (TPSA) is 58.7 Å². The van der Waals surface area contributed by atoms with Crippen LogP contribution in [0.5, 0.6) is 5.75 Å². The first kappa shape index (κ1) is 10.3. The van der Waals surface area contributed by atoms with Crippen LogP contribution in [0.2, 0.25) is 0 Å². The van der Waals surface area contributed by atoms with Crippen molar-refractivity contribution in [2.45, 2.75) is 6.04 Å². The molecule has 0 saturated heterocycles. The van der Waals surface area contributed by atoms with Gasteiger partial charge in [0.15, 0.2) is 0 Å². The van der Waals surface area contributed by atoms with Crippen LogP contribution in [-0.4, -0.2) is 31.9 Å². The highest BCUT2D eigenvalue weighted by molar-refractivity contribution is 5.61. The van der Waals surface area contributed by atoms with E-state index in [0.717, 1.165) is 30.2 Å². The summed E-state index contributed by atoms with van der Waals surface area (Å²) in [6.45, 7) is 1.56. The number of ether oxygens (including phenoxy) is 1. The van der Waals surface area contributed by atoms with Crippen molar-refractivity contribution in [2.75, 3.05) is 31.7 Å². The van der Waals surface area contributed by atoms with Crippen molar-refractivity contribution in [3.05, 3.63) is 23.8 Å². The predicted molar refractivity (Wildman–Crippen MR) is 59.2 cm³/mol. The number of likely N-dealkylation sites (N-methyl/N-ethyl adjacent to an activating group) is 1. The minimum Gasteiger partial charge on any atom is -0.490 e. The number of rotatable bonds is 2. The Hall–Kier alpha value is -1.26. The highest BCUT2D eigenvalue weighted by Crippen LogP contribution is 2.32. The van der Waals surface area contributed by atoms with Crippen molar-refractivity contribution in [1.29, 1.82) is 0 Å². The predicted octanol–water partition coefficient (Wildman–Crippen LogP) is 0.507. The number of hydrogen-bond donors (Lipinski definition) is 2. The van der Waals surface area contributed by atoms with Crippen molar-refractivity contribution in [2.24, 2.45) is 5.73 Å². The SMILES string of the molecule is CN1CCOc2ccc([C@@H](N)CO)cc21. The first-order chi connectivity index (χ1) is 7.22. The fraction of sp³-hybridized carbons (Fsp3) is 0.455. The van der Waals surface area contributed by atoms with Gasteiger partial charge in [0.25, 0.3) is 0 Å². The van der Waals surface area contributed by atoms with Gasteiger partial charge in [-0.25, -0.2) is 0 Å². The maximum Gasteiger partial charge on any atom is 0.142 e. The average Bonchev–Trinajstić information content (AvgIpc) is 2.28. The molecule has 1 aromatic carbocycles. The van der Waals surface area contributed by atoms with Gasteiger partial charge in [0.2, 0.25) is 0 Å². The van der Waals surface area contributed by atoms with E-state index in [2.05, 4.69) is 4.90 Å². The van der Waals surface area contributed by atoms with Gasteiger partial charge in [0.05, 0.1) is 24.9 Å². The molecule has 0 saturated carbocycles. The van der Waals surface area contributed by atoms with Gasteiger partial charge in [-0.1, -0.05) is 6.07 Å². The van der Waals surface area contributed by atoms with E-state index in [9.17, 15) is 0 Å². The van der Waals surface area contributed by atoms with Crippen LogP contribution >= 0.6 is 0 Å². The van der Waals surface area contributed by atoms with Crippen molar-refractivity contribution >= 4 is 5.69 Å². The molecule has 0 aromatic heterocycles. The number of benzene rings is 1. The Labute approximate surface area is 89.3 Å². The Morgan fingerprint density at radius 1 is 1.60 bits per heavy atom. The molecule has 82 valence electrons. The maximum atomic E-state index is 8.99. The molecule has 4 nitrogen and oxygen atoms in total. The molecule has 4 heteroatoms. The van der Waals surface area contributed by atoms with Gasteiger partial charge in [0.1, 0.15) is 12.4 Å². The summed E-state index contributed by atoms with van der Waals surface area (Å²) in [4.78, 5) is 2.13. The first-order valence-corrected chi connectivity index (χ1v) is 5.06. The van der Waals surface area contributed by atoms with Crippen molar-refractivity contribution in [1.82, 2.24) is 0 Å². The molecule has 0 aliphatic carbocycles. The Kier molecular flexibility index (Phi) is 2.79. The van der Waals surface area contributed by atoms with E-state index in [0.29, 0.717) is 0 Å². The van der Waals surface area contributed by atoms with Gasteiger partial charge in [0, 0.05) is 7.05 Å². The fourth-order valence-corrected chi connectivity index (χ4v) is 1.70. The summed E-state index contributed by atoms with van der Waals surface area (Å²) >= 11 is 0. The molecular weight excluding hydrogens is 192 g/mol. The van der Waals surface area contributed by atoms with E-state index >= 15 is 0 Å². The molecule has 0 radical (unpaired) electrons. The Bertz CT molecular complexity index is 354. The average molecular weight is 208 g/mol. The molecule has 0 bridgehead atoms. The maximum absolute atomic E-state index is 8.99. The molecule has 0 fully saturated rings. The van der Waals surface area contributed by atoms with Crippen LogP contribution < -0.4 is 15.4 Å². The molecule has 0 unspecified atom stereocenters. The summed E-state index contributed by atoms with van der Waals surface area (Å²) in [7, 11) is 2.02. The zero-order valence-electron chi connectivity index (χ0n) is 8.81.